The van der Waals surface area contributed by atoms with Crippen LogP contribution in [0.3, 0.4) is 0 Å². The zero-order valence-electron chi connectivity index (χ0n) is 20.8. The van der Waals surface area contributed by atoms with Gasteiger partial charge in [-0.05, 0) is 56.6 Å². The molecule has 5 rings (SSSR count). The monoisotopic (exact) mass is 494 g/mol. The van der Waals surface area contributed by atoms with Crippen molar-refractivity contribution in [2.45, 2.75) is 57.4 Å². The van der Waals surface area contributed by atoms with Gasteiger partial charge in [0.15, 0.2) is 0 Å². The molecule has 2 fully saturated rings. The van der Waals surface area contributed by atoms with Gasteiger partial charge in [0.1, 0.15) is 18.1 Å². The van der Waals surface area contributed by atoms with Crippen molar-refractivity contribution in [1.29, 1.82) is 0 Å². The Balaban J connectivity index is 1.35. The third kappa shape index (κ3) is 4.58. The normalized spacial score (nSPS) is 22.2. The van der Waals surface area contributed by atoms with E-state index in [1.54, 1.807) is 4.90 Å². The predicted octanol–water partition coefficient (Wildman–Crippen LogP) is 2.09. The Kier molecular flexibility index (Phi) is 6.73. The van der Waals surface area contributed by atoms with Crippen LogP contribution in [0.1, 0.15) is 61.0 Å². The number of fused-ring (bicyclic) bond motifs is 2. The van der Waals surface area contributed by atoms with Gasteiger partial charge in [0.05, 0.1) is 11.5 Å². The van der Waals surface area contributed by atoms with Crippen molar-refractivity contribution in [3.05, 3.63) is 62.4 Å². The molecule has 4 heterocycles. The molecule has 1 spiro atoms. The smallest absolute Gasteiger partial charge is 0.328 e. The van der Waals surface area contributed by atoms with E-state index < -0.39 is 16.7 Å². The fourth-order valence-electron chi connectivity index (χ4n) is 5.95. The molecule has 2 saturated heterocycles. The van der Waals surface area contributed by atoms with E-state index in [1.165, 1.54) is 18.7 Å². The zero-order valence-corrected chi connectivity index (χ0v) is 20.8. The second kappa shape index (κ2) is 9.95. The summed E-state index contributed by atoms with van der Waals surface area (Å²) < 4.78 is 7.15. The number of H-pyrrole nitrogens is 1. The molecule has 0 bridgehead atoms. The molecule has 3 aliphatic rings. The number of piperidine rings is 1. The molecule has 2 amide bonds. The van der Waals surface area contributed by atoms with Crippen LogP contribution >= 0.6 is 0 Å². The number of likely N-dealkylation sites (tertiary alicyclic amines) is 1. The minimum atomic E-state index is -0.613. The van der Waals surface area contributed by atoms with Gasteiger partial charge < -0.3 is 19.5 Å². The van der Waals surface area contributed by atoms with E-state index in [-0.39, 0.29) is 23.6 Å². The number of para-hydroxylation sites is 1. The van der Waals surface area contributed by atoms with Crippen LogP contribution in [0.25, 0.3) is 0 Å². The number of nitrogens with zero attached hydrogens (tertiary/aromatic N) is 3. The molecule has 192 valence electrons. The lowest BCUT2D eigenvalue weighted by Crippen LogP contribution is -2.53. The molecule has 0 saturated carbocycles. The molecule has 1 aromatic heterocycles. The highest BCUT2D eigenvalue weighted by Gasteiger charge is 2.46. The van der Waals surface area contributed by atoms with Gasteiger partial charge in [-0.15, -0.1) is 0 Å². The first-order valence-corrected chi connectivity index (χ1v) is 13.0. The Labute approximate surface area is 210 Å². The minimum Gasteiger partial charge on any atom is -0.491 e. The summed E-state index contributed by atoms with van der Waals surface area (Å²) in [6.45, 7) is 2.08. The molecule has 1 atom stereocenters. The van der Waals surface area contributed by atoms with Crippen LogP contribution in [0.2, 0.25) is 0 Å². The van der Waals surface area contributed by atoms with Crippen LogP contribution in [0, 0.1) is 5.41 Å². The number of ether oxygens (including phenoxy) is 1. The lowest BCUT2D eigenvalue weighted by Gasteiger charge is -2.44. The van der Waals surface area contributed by atoms with Crippen molar-refractivity contribution in [3.63, 3.8) is 0 Å². The third-order valence-electron chi connectivity index (χ3n) is 8.23. The molecular weight excluding hydrogens is 460 g/mol. The number of amides is 2. The number of carbonyl (C=O) groups excluding carboxylic acids is 2. The maximum Gasteiger partial charge on any atom is 0.328 e. The van der Waals surface area contributed by atoms with E-state index >= 15 is 0 Å². The highest BCUT2D eigenvalue weighted by molar-refractivity contribution is 5.92. The highest BCUT2D eigenvalue weighted by atomic mass is 16.5. The molecule has 2 aromatic rings. The number of rotatable bonds is 1. The Morgan fingerprint density at radius 1 is 1.03 bits per heavy atom. The quantitative estimate of drug-likeness (QED) is 0.654. The second-order valence-electron chi connectivity index (χ2n) is 10.4. The van der Waals surface area contributed by atoms with Crippen LogP contribution in [0.5, 0.6) is 5.75 Å². The topological polar surface area (TPSA) is 105 Å². The van der Waals surface area contributed by atoms with E-state index in [1.807, 2.05) is 23.1 Å². The maximum absolute atomic E-state index is 14.0. The second-order valence-corrected chi connectivity index (χ2v) is 10.4. The van der Waals surface area contributed by atoms with Crippen molar-refractivity contribution in [1.82, 2.24) is 19.4 Å². The SMILES string of the molecule is Cn1c(=O)cc(C(=O)N2CCC3(CCCCc4ccccc4OC[C@@H]4CCCN4C3=O)CC2)[nH]c1=O. The summed E-state index contributed by atoms with van der Waals surface area (Å²) >= 11 is 0. The average Bonchev–Trinajstić information content (AvgIpc) is 3.36. The number of benzene rings is 1. The number of aromatic amines is 1. The number of nitrogens with one attached hydrogen (secondary N) is 1. The van der Waals surface area contributed by atoms with Crippen molar-refractivity contribution in [2.24, 2.45) is 12.5 Å². The standard InChI is InChI=1S/C27H34N4O5/c1-29-23(32)17-21(28-26(29)35)24(33)30-15-12-27(13-16-30)11-5-4-8-19-7-2-3-10-22(19)36-18-20-9-6-14-31(20)25(27)34/h2-3,7,10,17,20H,4-6,8-9,11-16,18H2,1H3,(H,28,35)/t20-/m0/s1. The van der Waals surface area contributed by atoms with Gasteiger partial charge in [-0.2, -0.15) is 0 Å². The maximum atomic E-state index is 14.0. The molecule has 3 aliphatic heterocycles. The number of hydrogen-bond donors (Lipinski definition) is 1. The summed E-state index contributed by atoms with van der Waals surface area (Å²) in [6.07, 6.45) is 6.66. The molecule has 0 unspecified atom stereocenters. The van der Waals surface area contributed by atoms with Crippen molar-refractivity contribution in [2.75, 3.05) is 26.2 Å². The van der Waals surface area contributed by atoms with Crippen molar-refractivity contribution in [3.8, 4) is 5.75 Å². The van der Waals surface area contributed by atoms with Gasteiger partial charge in [0.25, 0.3) is 11.5 Å². The van der Waals surface area contributed by atoms with Crippen LogP contribution in [0.4, 0.5) is 0 Å². The summed E-state index contributed by atoms with van der Waals surface area (Å²) in [7, 11) is 1.37. The summed E-state index contributed by atoms with van der Waals surface area (Å²) in [6, 6.07) is 9.42. The molecule has 9 nitrogen and oxygen atoms in total. The summed E-state index contributed by atoms with van der Waals surface area (Å²) in [4.78, 5) is 57.3. The molecule has 0 aliphatic carbocycles. The first kappa shape index (κ1) is 24.3. The van der Waals surface area contributed by atoms with Crippen LogP contribution in [0.15, 0.2) is 39.9 Å². The van der Waals surface area contributed by atoms with Crippen LogP contribution < -0.4 is 16.0 Å². The Bertz CT molecular complexity index is 1230. The predicted molar refractivity (Wildman–Crippen MR) is 134 cm³/mol. The van der Waals surface area contributed by atoms with Gasteiger partial charge in [0.2, 0.25) is 5.91 Å². The molecule has 1 aromatic carbocycles. The van der Waals surface area contributed by atoms with E-state index in [9.17, 15) is 19.2 Å². The Morgan fingerprint density at radius 2 is 1.81 bits per heavy atom. The summed E-state index contributed by atoms with van der Waals surface area (Å²) in [5.41, 5.74) is -0.421. The van der Waals surface area contributed by atoms with Crippen molar-refractivity contribution >= 4 is 11.8 Å². The van der Waals surface area contributed by atoms with E-state index in [4.69, 9.17) is 4.74 Å². The first-order chi connectivity index (χ1) is 17.4. The fraction of sp³-hybridized carbons (Fsp3) is 0.556. The van der Waals surface area contributed by atoms with Gasteiger partial charge in [-0.1, -0.05) is 24.6 Å². The molecule has 1 N–H and O–H groups in total. The average molecular weight is 495 g/mol. The largest absolute Gasteiger partial charge is 0.491 e. The molecule has 9 heteroatoms. The van der Waals surface area contributed by atoms with Gasteiger partial charge in [0, 0.05) is 32.7 Å². The zero-order chi connectivity index (χ0) is 25.3. The van der Waals surface area contributed by atoms with Crippen LogP contribution in [-0.4, -0.2) is 63.4 Å². The lowest BCUT2D eigenvalue weighted by molar-refractivity contribution is -0.147. The van der Waals surface area contributed by atoms with Crippen molar-refractivity contribution < 1.29 is 14.3 Å². The molecule has 0 radical (unpaired) electrons. The minimum absolute atomic E-state index is 0.000473. The summed E-state index contributed by atoms with van der Waals surface area (Å²) in [5, 5.41) is 0. The Morgan fingerprint density at radius 3 is 2.58 bits per heavy atom. The number of hydrogen-bond acceptors (Lipinski definition) is 5. The van der Waals surface area contributed by atoms with E-state index in [0.29, 0.717) is 32.5 Å². The molecule has 36 heavy (non-hydrogen) atoms. The van der Waals surface area contributed by atoms with Gasteiger partial charge >= 0.3 is 5.69 Å². The third-order valence-corrected chi connectivity index (χ3v) is 8.23. The Hall–Kier alpha value is -3.36. The fourth-order valence-corrected chi connectivity index (χ4v) is 5.95. The van der Waals surface area contributed by atoms with E-state index in [0.717, 1.165) is 55.4 Å². The summed E-state index contributed by atoms with van der Waals surface area (Å²) in [5.74, 6) is 0.744. The van der Waals surface area contributed by atoms with Crippen LogP contribution in [-0.2, 0) is 18.3 Å². The molecular formula is C27H34N4O5. The van der Waals surface area contributed by atoms with Gasteiger partial charge in [-0.3, -0.25) is 19.0 Å². The number of carbonyl (C=O) groups is 2. The first-order valence-electron chi connectivity index (χ1n) is 13.0. The van der Waals surface area contributed by atoms with Gasteiger partial charge in [-0.25, -0.2) is 4.79 Å². The number of aromatic nitrogens is 2. The highest BCUT2D eigenvalue weighted by Crippen LogP contribution is 2.41. The number of aryl methyl sites for hydroxylation is 1. The lowest BCUT2D eigenvalue weighted by atomic mass is 9.72. The van der Waals surface area contributed by atoms with E-state index in [2.05, 4.69) is 11.1 Å².